The van der Waals surface area contributed by atoms with Crippen molar-refractivity contribution in [3.05, 3.63) is 23.5 Å². The third kappa shape index (κ3) is 3.93. The van der Waals surface area contributed by atoms with Gasteiger partial charge in [0.1, 0.15) is 10.7 Å². The van der Waals surface area contributed by atoms with Crippen molar-refractivity contribution in [2.24, 2.45) is 5.92 Å². The number of piperidine rings is 1. The Morgan fingerprint density at radius 3 is 2.62 bits per heavy atom. The highest BCUT2D eigenvalue weighted by Gasteiger charge is 2.23. The number of benzene rings is 1. The van der Waals surface area contributed by atoms with Crippen LogP contribution < -0.4 is 10.5 Å². The Morgan fingerprint density at radius 1 is 1.38 bits per heavy atom. The van der Waals surface area contributed by atoms with Crippen LogP contribution in [0.5, 0.6) is 0 Å². The van der Waals surface area contributed by atoms with Crippen LogP contribution >= 0.6 is 0 Å². The minimum atomic E-state index is -3.86. The Morgan fingerprint density at radius 2 is 2.00 bits per heavy atom. The first-order valence-corrected chi connectivity index (χ1v) is 8.52. The molecule has 21 heavy (non-hydrogen) atoms. The predicted octanol–water partition coefficient (Wildman–Crippen LogP) is 1.34. The third-order valence-corrected chi connectivity index (χ3v) is 5.45. The van der Waals surface area contributed by atoms with Gasteiger partial charge in [-0.05, 0) is 63.5 Å². The van der Waals surface area contributed by atoms with Gasteiger partial charge in [-0.3, -0.25) is 0 Å². The summed E-state index contributed by atoms with van der Waals surface area (Å²) in [7, 11) is -1.82. The van der Waals surface area contributed by atoms with Gasteiger partial charge in [-0.2, -0.15) is 0 Å². The second-order valence-electron chi connectivity index (χ2n) is 5.74. The lowest BCUT2D eigenvalue weighted by atomic mass is 9.98. The van der Waals surface area contributed by atoms with Gasteiger partial charge >= 0.3 is 0 Å². The molecule has 1 saturated heterocycles. The first-order valence-electron chi connectivity index (χ1n) is 7.03. The van der Waals surface area contributed by atoms with Crippen molar-refractivity contribution >= 4 is 15.7 Å². The molecule has 0 spiro atoms. The highest BCUT2D eigenvalue weighted by atomic mass is 32.2. The second-order valence-corrected chi connectivity index (χ2v) is 7.47. The minimum Gasteiger partial charge on any atom is -0.398 e. The van der Waals surface area contributed by atoms with E-state index in [-0.39, 0.29) is 10.6 Å². The van der Waals surface area contributed by atoms with Gasteiger partial charge in [-0.15, -0.1) is 0 Å². The van der Waals surface area contributed by atoms with E-state index in [1.54, 1.807) is 6.92 Å². The summed E-state index contributed by atoms with van der Waals surface area (Å²) in [6.07, 6.45) is 1.88. The van der Waals surface area contributed by atoms with Crippen molar-refractivity contribution in [1.29, 1.82) is 0 Å². The third-order valence-electron chi connectivity index (χ3n) is 4.01. The molecule has 1 heterocycles. The Kier molecular flexibility index (Phi) is 4.85. The molecule has 1 aliphatic heterocycles. The van der Waals surface area contributed by atoms with Crippen molar-refractivity contribution in [2.75, 3.05) is 32.4 Å². The number of nitrogens with one attached hydrogen (secondary N) is 1. The number of nitrogens with two attached hydrogens (primary N) is 1. The molecule has 7 heteroatoms. The smallest absolute Gasteiger partial charge is 0.243 e. The fourth-order valence-corrected chi connectivity index (χ4v) is 3.65. The summed E-state index contributed by atoms with van der Waals surface area (Å²) in [5, 5.41) is 0. The van der Waals surface area contributed by atoms with Crippen LogP contribution in [0, 0.1) is 18.7 Å². The lowest BCUT2D eigenvalue weighted by molar-refractivity contribution is 0.220. The van der Waals surface area contributed by atoms with E-state index >= 15 is 0 Å². The van der Waals surface area contributed by atoms with Gasteiger partial charge in [0.25, 0.3) is 0 Å². The first-order chi connectivity index (χ1) is 9.79. The lowest BCUT2D eigenvalue weighted by Gasteiger charge is -2.28. The van der Waals surface area contributed by atoms with E-state index < -0.39 is 15.8 Å². The van der Waals surface area contributed by atoms with Crippen LogP contribution in [0.15, 0.2) is 17.0 Å². The maximum absolute atomic E-state index is 13.9. The molecule has 1 fully saturated rings. The molecule has 1 aliphatic rings. The molecular formula is C14H22FN3O2S. The highest BCUT2D eigenvalue weighted by Crippen LogP contribution is 2.22. The zero-order chi connectivity index (χ0) is 15.6. The average molecular weight is 315 g/mol. The zero-order valence-corrected chi connectivity index (χ0v) is 13.2. The first kappa shape index (κ1) is 16.2. The monoisotopic (exact) mass is 315 g/mol. The fourth-order valence-electron chi connectivity index (χ4n) is 2.45. The molecule has 0 atom stereocenters. The molecule has 2 rings (SSSR count). The Labute approximate surface area is 125 Å². The largest absolute Gasteiger partial charge is 0.398 e. The summed E-state index contributed by atoms with van der Waals surface area (Å²) >= 11 is 0. The SMILES string of the molecule is Cc1cc(F)c(S(=O)(=O)NCC2CCN(C)CC2)cc1N. The summed E-state index contributed by atoms with van der Waals surface area (Å²) in [6.45, 7) is 3.89. The van der Waals surface area contributed by atoms with E-state index in [1.165, 1.54) is 6.07 Å². The van der Waals surface area contributed by atoms with Crippen LogP contribution in [-0.2, 0) is 10.0 Å². The highest BCUT2D eigenvalue weighted by molar-refractivity contribution is 7.89. The van der Waals surface area contributed by atoms with Gasteiger partial charge < -0.3 is 10.6 Å². The van der Waals surface area contributed by atoms with E-state index in [2.05, 4.69) is 9.62 Å². The number of sulfonamides is 1. The molecule has 0 bridgehead atoms. The molecule has 118 valence electrons. The Bertz CT molecular complexity index is 611. The number of likely N-dealkylation sites (tertiary alicyclic amines) is 1. The molecule has 0 aromatic heterocycles. The molecular weight excluding hydrogens is 293 g/mol. The summed E-state index contributed by atoms with van der Waals surface area (Å²) in [4.78, 5) is 1.84. The van der Waals surface area contributed by atoms with E-state index in [0.717, 1.165) is 32.0 Å². The quantitative estimate of drug-likeness (QED) is 0.822. The number of anilines is 1. The maximum Gasteiger partial charge on any atom is 0.243 e. The number of hydrogen-bond acceptors (Lipinski definition) is 4. The second kappa shape index (κ2) is 6.29. The van der Waals surface area contributed by atoms with Gasteiger partial charge in [-0.1, -0.05) is 0 Å². The van der Waals surface area contributed by atoms with Gasteiger partial charge in [0.2, 0.25) is 10.0 Å². The van der Waals surface area contributed by atoms with Crippen LogP contribution in [-0.4, -0.2) is 40.0 Å². The molecule has 5 nitrogen and oxygen atoms in total. The number of halogens is 1. The summed E-state index contributed by atoms with van der Waals surface area (Å²) in [5.41, 5.74) is 6.48. The molecule has 0 aliphatic carbocycles. The molecule has 1 aromatic rings. The van der Waals surface area contributed by atoms with Crippen molar-refractivity contribution in [2.45, 2.75) is 24.7 Å². The molecule has 3 N–H and O–H groups in total. The topological polar surface area (TPSA) is 75.4 Å². The van der Waals surface area contributed by atoms with Crippen LogP contribution in [0.3, 0.4) is 0 Å². The summed E-state index contributed by atoms with van der Waals surface area (Å²) < 4.78 is 40.8. The van der Waals surface area contributed by atoms with Crippen molar-refractivity contribution in [3.8, 4) is 0 Å². The van der Waals surface area contributed by atoms with Gasteiger partial charge in [0.15, 0.2) is 0 Å². The van der Waals surface area contributed by atoms with Gasteiger partial charge in [-0.25, -0.2) is 17.5 Å². The molecule has 0 radical (unpaired) electrons. The molecule has 0 saturated carbocycles. The molecule has 0 amide bonds. The molecule has 0 unspecified atom stereocenters. The number of rotatable bonds is 4. The van der Waals surface area contributed by atoms with Crippen LogP contribution in [0.25, 0.3) is 0 Å². The Hall–Kier alpha value is -1.18. The number of hydrogen-bond donors (Lipinski definition) is 2. The van der Waals surface area contributed by atoms with E-state index in [9.17, 15) is 12.8 Å². The van der Waals surface area contributed by atoms with E-state index in [0.29, 0.717) is 18.0 Å². The normalized spacial score (nSPS) is 18.0. The Balaban J connectivity index is 2.07. The van der Waals surface area contributed by atoms with Crippen LogP contribution in [0.4, 0.5) is 10.1 Å². The summed E-state index contributed by atoms with van der Waals surface area (Å²) in [5.74, 6) is -0.473. The van der Waals surface area contributed by atoms with Crippen LogP contribution in [0.2, 0.25) is 0 Å². The lowest BCUT2D eigenvalue weighted by Crippen LogP contribution is -2.37. The van der Waals surface area contributed by atoms with Crippen molar-refractivity contribution in [3.63, 3.8) is 0 Å². The standard InChI is InChI=1S/C14H22FN3O2S/c1-10-7-12(15)14(8-13(10)16)21(19,20)17-9-11-3-5-18(2)6-4-11/h7-8,11,17H,3-6,9,16H2,1-2H3. The van der Waals surface area contributed by atoms with Crippen molar-refractivity contribution < 1.29 is 12.8 Å². The van der Waals surface area contributed by atoms with E-state index in [1.807, 2.05) is 7.05 Å². The van der Waals surface area contributed by atoms with Gasteiger partial charge in [0, 0.05) is 12.2 Å². The number of aryl methyl sites for hydroxylation is 1. The predicted molar refractivity (Wildman–Crippen MR) is 81.0 cm³/mol. The van der Waals surface area contributed by atoms with Crippen LogP contribution in [0.1, 0.15) is 18.4 Å². The number of nitrogens with zero attached hydrogens (tertiary/aromatic N) is 1. The number of nitrogen functional groups attached to an aromatic ring is 1. The van der Waals surface area contributed by atoms with Gasteiger partial charge in [0.05, 0.1) is 0 Å². The minimum absolute atomic E-state index is 0.274. The van der Waals surface area contributed by atoms with Crippen molar-refractivity contribution in [1.82, 2.24) is 9.62 Å². The zero-order valence-electron chi connectivity index (χ0n) is 12.4. The fraction of sp³-hybridized carbons (Fsp3) is 0.571. The summed E-state index contributed by atoms with van der Waals surface area (Å²) in [6, 6.07) is 2.33. The average Bonchev–Trinajstić information content (AvgIpc) is 2.42. The molecule has 1 aromatic carbocycles. The van der Waals surface area contributed by atoms with E-state index in [4.69, 9.17) is 5.73 Å². The maximum atomic E-state index is 13.9.